The largest absolute Gasteiger partial charge is 0.492 e. The van der Waals surface area contributed by atoms with Crippen molar-refractivity contribution >= 4 is 11.8 Å². The number of para-hydroxylation sites is 1. The van der Waals surface area contributed by atoms with Crippen molar-refractivity contribution < 1.29 is 4.74 Å². The van der Waals surface area contributed by atoms with Gasteiger partial charge in [-0.3, -0.25) is 0 Å². The third-order valence-electron chi connectivity index (χ3n) is 5.00. The molecule has 28 heavy (non-hydrogen) atoms. The average Bonchev–Trinajstić information content (AvgIpc) is 3.24. The average molecular weight is 403 g/mol. The first kappa shape index (κ1) is 22.9. The molecule has 1 heterocycles. The predicted molar refractivity (Wildman–Crippen MR) is 122 cm³/mol. The lowest BCUT2D eigenvalue weighted by Crippen LogP contribution is -2.21. The minimum absolute atomic E-state index is 0.452. The molecule has 156 valence electrons. The van der Waals surface area contributed by atoms with Crippen molar-refractivity contribution in [2.75, 3.05) is 12.4 Å². The molecule has 0 aliphatic rings. The molecular weight excluding hydrogens is 364 g/mol. The van der Waals surface area contributed by atoms with Gasteiger partial charge < -0.3 is 9.30 Å². The Morgan fingerprint density at radius 2 is 1.61 bits per heavy atom. The summed E-state index contributed by atoms with van der Waals surface area (Å²) in [6.07, 6.45) is 19.7. The summed E-state index contributed by atoms with van der Waals surface area (Å²) >= 11 is 2.04. The molecule has 0 saturated heterocycles. The normalized spacial score (nSPS) is 12.2. The van der Waals surface area contributed by atoms with E-state index in [1.165, 1.54) is 70.0 Å². The molecule has 4 heteroatoms. The summed E-state index contributed by atoms with van der Waals surface area (Å²) in [5.41, 5.74) is 0. The van der Waals surface area contributed by atoms with Gasteiger partial charge in [0.2, 0.25) is 0 Å². The number of ether oxygens (including phenoxy) is 1. The highest BCUT2D eigenvalue weighted by Crippen LogP contribution is 2.19. The summed E-state index contributed by atoms with van der Waals surface area (Å²) in [5, 5.41) is 0.452. The van der Waals surface area contributed by atoms with Gasteiger partial charge in [-0.05, 0) is 24.3 Å². The van der Waals surface area contributed by atoms with Gasteiger partial charge in [-0.15, -0.1) is 0 Å². The monoisotopic (exact) mass is 402 g/mol. The molecule has 0 aliphatic carbocycles. The maximum atomic E-state index is 6.01. The van der Waals surface area contributed by atoms with E-state index in [9.17, 15) is 0 Å². The molecule has 1 aromatic heterocycles. The Hall–Kier alpha value is -1.42. The number of benzene rings is 1. The second-order valence-electron chi connectivity index (χ2n) is 7.56. The van der Waals surface area contributed by atoms with Gasteiger partial charge in [-0.2, -0.15) is 11.8 Å². The standard InChI is InChI=1S/C24H38N2OS/c1-2-3-4-5-6-7-8-9-10-14-19-28-24(20-26-18-17-25-22-26)21-27-23-15-12-11-13-16-23/h11-13,15-18,22,24H,2-10,14,19-21H2,1H3. The number of hydrogen-bond donors (Lipinski definition) is 0. The van der Waals surface area contributed by atoms with Crippen LogP contribution in [0.5, 0.6) is 5.75 Å². The lowest BCUT2D eigenvalue weighted by atomic mass is 10.1. The Kier molecular flexibility index (Phi) is 12.7. The fraction of sp³-hybridized carbons (Fsp3) is 0.625. The van der Waals surface area contributed by atoms with E-state index in [0.717, 1.165) is 18.9 Å². The number of imidazole rings is 1. The Morgan fingerprint density at radius 1 is 0.929 bits per heavy atom. The van der Waals surface area contributed by atoms with Gasteiger partial charge in [0.05, 0.1) is 11.6 Å². The van der Waals surface area contributed by atoms with Crippen molar-refractivity contribution in [3.05, 3.63) is 49.1 Å². The molecule has 0 bridgehead atoms. The van der Waals surface area contributed by atoms with Crippen LogP contribution in [0.1, 0.15) is 71.1 Å². The number of nitrogens with zero attached hydrogens (tertiary/aromatic N) is 2. The van der Waals surface area contributed by atoms with E-state index < -0.39 is 0 Å². The van der Waals surface area contributed by atoms with Crippen LogP contribution in [0, 0.1) is 0 Å². The van der Waals surface area contributed by atoms with Crippen LogP contribution in [0.2, 0.25) is 0 Å². The Bertz CT molecular complexity index is 574. The first-order chi connectivity index (χ1) is 13.9. The maximum Gasteiger partial charge on any atom is 0.119 e. The molecule has 0 saturated carbocycles. The molecule has 1 atom stereocenters. The predicted octanol–water partition coefficient (Wildman–Crippen LogP) is 6.98. The van der Waals surface area contributed by atoms with E-state index in [4.69, 9.17) is 4.74 Å². The molecule has 2 rings (SSSR count). The van der Waals surface area contributed by atoms with Crippen molar-refractivity contribution in [2.45, 2.75) is 82.9 Å². The smallest absolute Gasteiger partial charge is 0.119 e. The van der Waals surface area contributed by atoms with E-state index >= 15 is 0 Å². The number of unbranched alkanes of at least 4 members (excludes halogenated alkanes) is 9. The summed E-state index contributed by atoms with van der Waals surface area (Å²) in [6.45, 7) is 3.98. The van der Waals surface area contributed by atoms with Crippen LogP contribution in [0.15, 0.2) is 49.1 Å². The molecule has 2 aromatic rings. The van der Waals surface area contributed by atoms with Crippen LogP contribution < -0.4 is 4.74 Å². The van der Waals surface area contributed by atoms with Crippen molar-refractivity contribution in [3.8, 4) is 5.75 Å². The third kappa shape index (κ3) is 10.8. The molecule has 0 amide bonds. The Morgan fingerprint density at radius 3 is 2.25 bits per heavy atom. The van der Waals surface area contributed by atoms with Crippen LogP contribution in [-0.2, 0) is 6.54 Å². The quantitative estimate of drug-likeness (QED) is 0.267. The van der Waals surface area contributed by atoms with E-state index in [1.54, 1.807) is 0 Å². The maximum absolute atomic E-state index is 6.01. The molecule has 0 N–H and O–H groups in total. The van der Waals surface area contributed by atoms with Crippen LogP contribution in [0.25, 0.3) is 0 Å². The lowest BCUT2D eigenvalue weighted by molar-refractivity contribution is 0.308. The number of aromatic nitrogens is 2. The fourth-order valence-electron chi connectivity index (χ4n) is 3.33. The Labute approximate surface area is 176 Å². The minimum Gasteiger partial charge on any atom is -0.492 e. The van der Waals surface area contributed by atoms with Gasteiger partial charge in [-0.1, -0.05) is 82.9 Å². The van der Waals surface area contributed by atoms with Crippen LogP contribution in [0.4, 0.5) is 0 Å². The lowest BCUT2D eigenvalue weighted by Gasteiger charge is -2.18. The van der Waals surface area contributed by atoms with Crippen molar-refractivity contribution in [1.29, 1.82) is 0 Å². The van der Waals surface area contributed by atoms with Crippen LogP contribution >= 0.6 is 11.8 Å². The summed E-state index contributed by atoms with van der Waals surface area (Å²) < 4.78 is 8.17. The van der Waals surface area contributed by atoms with Gasteiger partial charge >= 0.3 is 0 Å². The highest BCUT2D eigenvalue weighted by Gasteiger charge is 2.11. The van der Waals surface area contributed by atoms with E-state index in [0.29, 0.717) is 5.25 Å². The summed E-state index contributed by atoms with van der Waals surface area (Å²) in [7, 11) is 0. The first-order valence-corrected chi connectivity index (χ1v) is 12.2. The highest BCUT2D eigenvalue weighted by atomic mass is 32.2. The van der Waals surface area contributed by atoms with Crippen molar-refractivity contribution in [1.82, 2.24) is 9.55 Å². The zero-order valence-corrected chi connectivity index (χ0v) is 18.4. The molecule has 1 unspecified atom stereocenters. The number of hydrogen-bond acceptors (Lipinski definition) is 3. The van der Waals surface area contributed by atoms with Gasteiger partial charge in [-0.25, -0.2) is 4.98 Å². The SMILES string of the molecule is CCCCCCCCCCCCSC(COc1ccccc1)Cn1ccnc1. The summed E-state index contributed by atoms with van der Waals surface area (Å²) in [4.78, 5) is 4.17. The summed E-state index contributed by atoms with van der Waals surface area (Å²) in [5.74, 6) is 2.17. The first-order valence-electron chi connectivity index (χ1n) is 11.1. The zero-order valence-electron chi connectivity index (χ0n) is 17.6. The molecule has 0 aliphatic heterocycles. The second kappa shape index (κ2) is 15.5. The molecule has 0 spiro atoms. The topological polar surface area (TPSA) is 27.1 Å². The second-order valence-corrected chi connectivity index (χ2v) is 8.97. The third-order valence-corrected chi connectivity index (χ3v) is 6.29. The van der Waals surface area contributed by atoms with E-state index in [2.05, 4.69) is 16.5 Å². The van der Waals surface area contributed by atoms with Crippen molar-refractivity contribution in [2.24, 2.45) is 0 Å². The summed E-state index contributed by atoms with van der Waals surface area (Å²) in [6, 6.07) is 10.1. The molecule has 0 radical (unpaired) electrons. The molecule has 3 nitrogen and oxygen atoms in total. The molecular formula is C24H38N2OS. The van der Waals surface area contributed by atoms with Gasteiger partial charge in [0.1, 0.15) is 12.4 Å². The van der Waals surface area contributed by atoms with Gasteiger partial charge in [0.25, 0.3) is 0 Å². The van der Waals surface area contributed by atoms with Gasteiger partial charge in [0.15, 0.2) is 0 Å². The highest BCUT2D eigenvalue weighted by molar-refractivity contribution is 7.99. The van der Waals surface area contributed by atoms with Crippen molar-refractivity contribution in [3.63, 3.8) is 0 Å². The fourth-order valence-corrected chi connectivity index (χ4v) is 4.47. The van der Waals surface area contributed by atoms with E-state index in [1.807, 2.05) is 60.8 Å². The van der Waals surface area contributed by atoms with Crippen LogP contribution in [0.3, 0.4) is 0 Å². The van der Waals surface area contributed by atoms with Crippen LogP contribution in [-0.4, -0.2) is 27.2 Å². The molecule has 0 fully saturated rings. The Balaban J connectivity index is 1.57. The minimum atomic E-state index is 0.452. The molecule has 1 aromatic carbocycles. The van der Waals surface area contributed by atoms with Gasteiger partial charge in [0, 0.05) is 18.9 Å². The van der Waals surface area contributed by atoms with E-state index in [-0.39, 0.29) is 0 Å². The number of thioether (sulfide) groups is 1. The number of rotatable bonds is 17. The zero-order chi connectivity index (χ0) is 19.7.